The van der Waals surface area contributed by atoms with Gasteiger partial charge in [0.25, 0.3) is 0 Å². The highest BCUT2D eigenvalue weighted by Crippen LogP contribution is 2.36. The van der Waals surface area contributed by atoms with E-state index in [-0.39, 0.29) is 6.07 Å². The first-order valence-electron chi connectivity index (χ1n) is 13.5. The number of carbonyl (C=O) groups excluding carboxylic acids is 1. The Morgan fingerprint density at radius 3 is 2.39 bits per heavy atom. The van der Waals surface area contributed by atoms with E-state index >= 15 is 0 Å². The van der Waals surface area contributed by atoms with E-state index in [0.29, 0.717) is 12.5 Å². The third kappa shape index (κ3) is 7.81. The topological polar surface area (TPSA) is 69.7 Å². The number of benzene rings is 2. The van der Waals surface area contributed by atoms with Gasteiger partial charge in [0.2, 0.25) is 15.9 Å². The minimum Gasteiger partial charge on any atom is -0.339 e. The summed E-state index contributed by atoms with van der Waals surface area (Å²) in [5, 5.41) is 0. The highest BCUT2D eigenvalue weighted by atomic mass is 32.2. The molecule has 2 aliphatic rings. The summed E-state index contributed by atoms with van der Waals surface area (Å²) < 4.78 is 107. The molecule has 2 atom stereocenters. The number of likely N-dealkylation sites (tertiary alicyclic amines) is 1. The molecule has 1 N–H and O–H groups in total. The predicted molar refractivity (Wildman–Crippen MR) is 140 cm³/mol. The second-order valence-corrected chi connectivity index (χ2v) is 12.4. The minimum absolute atomic E-state index is 0.252. The summed E-state index contributed by atoms with van der Waals surface area (Å²) in [6.45, 7) is 2.88. The van der Waals surface area contributed by atoms with Crippen molar-refractivity contribution >= 4 is 15.9 Å². The summed E-state index contributed by atoms with van der Waals surface area (Å²) in [7, 11) is -3.64. The van der Waals surface area contributed by atoms with Crippen LogP contribution in [0.25, 0.3) is 0 Å². The molecule has 2 aromatic carbocycles. The van der Waals surface area contributed by atoms with E-state index in [0.717, 1.165) is 74.1 Å². The fraction of sp³-hybridized carbons (Fsp3) is 0.536. The van der Waals surface area contributed by atoms with Crippen LogP contribution in [0.3, 0.4) is 0 Å². The zero-order valence-corrected chi connectivity index (χ0v) is 23.4. The number of carbonyl (C=O) groups is 1. The maximum absolute atomic E-state index is 13.9. The number of aryl methyl sites for hydroxylation is 1. The number of rotatable bonds is 8. The number of hydrogen-bond donors (Lipinski definition) is 1. The quantitative estimate of drug-likeness (QED) is 0.385. The average molecular weight is 606 g/mol. The standard InChI is InChI=1S/C28H33F6N3O3S/c1-36(24-10-5-7-20-15-19(11-12-23(20)24)18-37-13-3-2-4-14-37)26(38)17-25(28(32,33)34)35-41(39,40)22-9-6-8-21(16-22)27(29,30)31/h6,8-9,11-12,15-16,24-25,35H,2-5,7,10,13-14,17-18H2,1H3/t24-,25+/m1/s1. The summed E-state index contributed by atoms with van der Waals surface area (Å²) in [5.74, 6) is -0.936. The van der Waals surface area contributed by atoms with Crippen molar-refractivity contribution in [2.75, 3.05) is 20.1 Å². The first kappa shape index (κ1) is 31.3. The Hall–Kier alpha value is -2.64. The second-order valence-electron chi connectivity index (χ2n) is 10.7. The van der Waals surface area contributed by atoms with Gasteiger partial charge < -0.3 is 4.90 Å². The van der Waals surface area contributed by atoms with E-state index in [1.54, 1.807) is 0 Å². The second kappa shape index (κ2) is 12.3. The lowest BCUT2D eigenvalue weighted by molar-refractivity contribution is -0.161. The normalized spacial score (nSPS) is 19.4. The number of halogens is 6. The maximum atomic E-state index is 13.9. The van der Waals surface area contributed by atoms with Gasteiger partial charge >= 0.3 is 12.4 Å². The fourth-order valence-electron chi connectivity index (χ4n) is 5.53. The van der Waals surface area contributed by atoms with Crippen LogP contribution in [-0.4, -0.2) is 56.5 Å². The molecule has 1 heterocycles. The van der Waals surface area contributed by atoms with Gasteiger partial charge in [-0.2, -0.15) is 31.1 Å². The fourth-order valence-corrected chi connectivity index (χ4v) is 6.80. The number of amides is 1. The third-order valence-corrected chi connectivity index (χ3v) is 9.22. The van der Waals surface area contributed by atoms with Gasteiger partial charge in [-0.3, -0.25) is 9.69 Å². The molecule has 0 unspecified atom stereocenters. The van der Waals surface area contributed by atoms with Crippen LogP contribution in [0.2, 0.25) is 0 Å². The maximum Gasteiger partial charge on any atom is 0.416 e. The van der Waals surface area contributed by atoms with E-state index in [9.17, 15) is 39.6 Å². The zero-order valence-electron chi connectivity index (χ0n) is 22.6. The van der Waals surface area contributed by atoms with Gasteiger partial charge in [0, 0.05) is 13.6 Å². The van der Waals surface area contributed by atoms with Crippen molar-refractivity contribution in [3.63, 3.8) is 0 Å². The van der Waals surface area contributed by atoms with E-state index < -0.39 is 57.2 Å². The molecule has 0 spiro atoms. The smallest absolute Gasteiger partial charge is 0.339 e. The third-order valence-electron chi connectivity index (χ3n) is 7.75. The predicted octanol–water partition coefficient (Wildman–Crippen LogP) is 5.83. The van der Waals surface area contributed by atoms with E-state index in [2.05, 4.69) is 11.0 Å². The van der Waals surface area contributed by atoms with Gasteiger partial charge in [-0.25, -0.2) is 8.42 Å². The molecule has 1 fully saturated rings. The van der Waals surface area contributed by atoms with Crippen molar-refractivity contribution in [3.8, 4) is 0 Å². The van der Waals surface area contributed by atoms with Gasteiger partial charge in [0.1, 0.15) is 6.04 Å². The Morgan fingerprint density at radius 1 is 1.02 bits per heavy atom. The van der Waals surface area contributed by atoms with Crippen LogP contribution in [-0.2, 0) is 34.0 Å². The number of sulfonamides is 1. The lowest BCUT2D eigenvalue weighted by Gasteiger charge is -2.35. The number of nitrogens with zero attached hydrogens (tertiary/aromatic N) is 2. The molecule has 0 radical (unpaired) electrons. The van der Waals surface area contributed by atoms with Crippen molar-refractivity contribution in [1.82, 2.24) is 14.5 Å². The molecular weight excluding hydrogens is 572 g/mol. The zero-order chi connectivity index (χ0) is 30.0. The molecule has 0 bridgehead atoms. The molecule has 1 saturated heterocycles. The van der Waals surface area contributed by atoms with Crippen molar-refractivity contribution in [1.29, 1.82) is 0 Å². The molecular formula is C28H33F6N3O3S. The average Bonchev–Trinajstić information content (AvgIpc) is 2.91. The molecule has 4 rings (SSSR count). The lowest BCUT2D eigenvalue weighted by atomic mass is 9.85. The van der Waals surface area contributed by atoms with E-state index in [4.69, 9.17) is 0 Å². The highest BCUT2D eigenvalue weighted by molar-refractivity contribution is 7.89. The monoisotopic (exact) mass is 605 g/mol. The number of fused-ring (bicyclic) bond motifs is 1. The molecule has 0 saturated carbocycles. The summed E-state index contributed by atoms with van der Waals surface area (Å²) in [4.78, 5) is 15.7. The molecule has 6 nitrogen and oxygen atoms in total. The lowest BCUT2D eigenvalue weighted by Crippen LogP contribution is -2.48. The van der Waals surface area contributed by atoms with Crippen molar-refractivity contribution in [2.45, 2.75) is 80.8 Å². The van der Waals surface area contributed by atoms with E-state index in [1.165, 1.54) is 23.1 Å². The van der Waals surface area contributed by atoms with Crippen LogP contribution in [0, 0.1) is 0 Å². The van der Waals surface area contributed by atoms with Crippen LogP contribution in [0.4, 0.5) is 26.3 Å². The van der Waals surface area contributed by atoms with Gasteiger partial charge in [-0.1, -0.05) is 30.7 Å². The Kier molecular flexibility index (Phi) is 9.39. The summed E-state index contributed by atoms with van der Waals surface area (Å²) >= 11 is 0. The van der Waals surface area contributed by atoms with Crippen molar-refractivity contribution in [2.24, 2.45) is 0 Å². The number of nitrogens with one attached hydrogen (secondary N) is 1. The summed E-state index contributed by atoms with van der Waals surface area (Å²) in [6.07, 6.45) is -5.70. The Labute approximate surface area is 235 Å². The largest absolute Gasteiger partial charge is 0.416 e. The van der Waals surface area contributed by atoms with Gasteiger partial charge in [-0.05, 0) is 80.1 Å². The Morgan fingerprint density at radius 2 is 1.73 bits per heavy atom. The highest BCUT2D eigenvalue weighted by Gasteiger charge is 2.45. The first-order valence-corrected chi connectivity index (χ1v) is 15.0. The Bertz CT molecular complexity index is 1340. The number of hydrogen-bond acceptors (Lipinski definition) is 4. The Balaban J connectivity index is 1.48. The SMILES string of the molecule is CN(C(=O)C[C@H](NS(=O)(=O)c1cccc(C(F)(F)F)c1)C(F)(F)F)[C@@H]1CCCc2cc(CN3CCCCC3)ccc21. The number of piperidine rings is 1. The van der Waals surface area contributed by atoms with Crippen molar-refractivity contribution in [3.05, 3.63) is 64.7 Å². The first-order chi connectivity index (χ1) is 19.1. The summed E-state index contributed by atoms with van der Waals surface area (Å²) in [5.41, 5.74) is 1.70. The molecule has 41 heavy (non-hydrogen) atoms. The molecule has 1 aliphatic heterocycles. The van der Waals surface area contributed by atoms with Crippen LogP contribution in [0.1, 0.15) is 66.8 Å². The van der Waals surface area contributed by atoms with Gasteiger partial charge in [-0.15, -0.1) is 0 Å². The molecule has 226 valence electrons. The van der Waals surface area contributed by atoms with Crippen molar-refractivity contribution < 1.29 is 39.6 Å². The van der Waals surface area contributed by atoms with Crippen LogP contribution < -0.4 is 4.72 Å². The minimum atomic E-state index is -5.17. The molecule has 0 aromatic heterocycles. The summed E-state index contributed by atoms with van der Waals surface area (Å²) in [6, 6.07) is 5.09. The van der Waals surface area contributed by atoms with Crippen LogP contribution in [0.15, 0.2) is 47.4 Å². The molecule has 13 heteroatoms. The molecule has 1 amide bonds. The molecule has 2 aromatic rings. The van der Waals surface area contributed by atoms with Crippen LogP contribution >= 0.6 is 0 Å². The number of alkyl halides is 6. The molecule has 1 aliphatic carbocycles. The van der Waals surface area contributed by atoms with Gasteiger partial charge in [0.05, 0.1) is 22.9 Å². The van der Waals surface area contributed by atoms with E-state index in [1.807, 2.05) is 12.1 Å². The van der Waals surface area contributed by atoms with Gasteiger partial charge in [0.15, 0.2) is 0 Å². The van der Waals surface area contributed by atoms with Crippen LogP contribution in [0.5, 0.6) is 0 Å².